The molecule has 1 heterocycles. The molecule has 2 rings (SSSR count). The molecule has 0 fully saturated rings. The summed E-state index contributed by atoms with van der Waals surface area (Å²) < 4.78 is 5.22. The number of hydrogen-bond acceptors (Lipinski definition) is 2. The Balaban J connectivity index is 2.49. The maximum Gasteiger partial charge on any atom is 0.133 e. The van der Waals surface area contributed by atoms with Crippen LogP contribution in [0.3, 0.4) is 0 Å². The van der Waals surface area contributed by atoms with Crippen molar-refractivity contribution in [2.75, 3.05) is 5.73 Å². The summed E-state index contributed by atoms with van der Waals surface area (Å²) in [6.07, 6.45) is 1.63. The Labute approximate surface area is 80.9 Å². The van der Waals surface area contributed by atoms with Crippen LogP contribution in [0, 0.1) is 0 Å². The van der Waals surface area contributed by atoms with Crippen LogP contribution in [0.2, 0.25) is 5.02 Å². The smallest absolute Gasteiger partial charge is 0.133 e. The number of benzene rings is 1. The van der Waals surface area contributed by atoms with E-state index in [1.54, 1.807) is 18.4 Å². The largest absolute Gasteiger partial charge is 0.464 e. The van der Waals surface area contributed by atoms with Gasteiger partial charge in [-0.25, -0.2) is 0 Å². The molecule has 1 aromatic carbocycles. The number of anilines is 1. The molecule has 0 aliphatic heterocycles. The average molecular weight is 194 g/mol. The van der Waals surface area contributed by atoms with Crippen molar-refractivity contribution in [3.05, 3.63) is 41.6 Å². The second kappa shape index (κ2) is 3.15. The van der Waals surface area contributed by atoms with Gasteiger partial charge >= 0.3 is 0 Å². The maximum atomic E-state index is 5.79. The second-order valence-electron chi connectivity index (χ2n) is 2.71. The van der Waals surface area contributed by atoms with Crippen LogP contribution < -0.4 is 5.73 Å². The molecule has 0 atom stereocenters. The molecular formula is C10H8ClNO. The molecule has 13 heavy (non-hydrogen) atoms. The number of nitrogen functional groups attached to an aromatic ring is 1. The highest BCUT2D eigenvalue weighted by Gasteiger charge is 2.02. The van der Waals surface area contributed by atoms with Crippen LogP contribution in [-0.4, -0.2) is 0 Å². The third-order valence-electron chi connectivity index (χ3n) is 1.80. The number of hydrogen-bond donors (Lipinski definition) is 1. The Morgan fingerprint density at radius 3 is 2.69 bits per heavy atom. The molecule has 3 heteroatoms. The average Bonchev–Trinajstić information content (AvgIpc) is 2.62. The first-order valence-electron chi connectivity index (χ1n) is 3.86. The molecule has 2 nitrogen and oxygen atoms in total. The van der Waals surface area contributed by atoms with Gasteiger partial charge in [0.25, 0.3) is 0 Å². The van der Waals surface area contributed by atoms with Crippen molar-refractivity contribution in [3.8, 4) is 11.3 Å². The summed E-state index contributed by atoms with van der Waals surface area (Å²) in [5, 5.41) is 0.565. The lowest BCUT2D eigenvalue weighted by atomic mass is 10.1. The molecule has 0 saturated heterocycles. The van der Waals surface area contributed by atoms with Crippen LogP contribution in [-0.2, 0) is 0 Å². The molecule has 0 unspecified atom stereocenters. The van der Waals surface area contributed by atoms with E-state index in [4.69, 9.17) is 21.8 Å². The zero-order valence-corrected chi connectivity index (χ0v) is 7.58. The molecule has 0 bridgehead atoms. The van der Waals surface area contributed by atoms with Crippen molar-refractivity contribution >= 4 is 17.3 Å². The van der Waals surface area contributed by atoms with Gasteiger partial charge in [-0.2, -0.15) is 0 Å². The Morgan fingerprint density at radius 2 is 2.08 bits per heavy atom. The molecule has 2 N–H and O–H groups in total. The van der Waals surface area contributed by atoms with E-state index >= 15 is 0 Å². The SMILES string of the molecule is Nc1cc(-c2ccco2)ccc1Cl. The molecule has 0 amide bonds. The summed E-state index contributed by atoms with van der Waals surface area (Å²) >= 11 is 5.79. The first-order valence-corrected chi connectivity index (χ1v) is 4.24. The molecule has 0 aliphatic carbocycles. The van der Waals surface area contributed by atoms with Crippen molar-refractivity contribution in [3.63, 3.8) is 0 Å². The van der Waals surface area contributed by atoms with Crippen LogP contribution in [0.15, 0.2) is 41.0 Å². The second-order valence-corrected chi connectivity index (χ2v) is 3.12. The van der Waals surface area contributed by atoms with Gasteiger partial charge in [-0.3, -0.25) is 0 Å². The van der Waals surface area contributed by atoms with E-state index in [0.29, 0.717) is 10.7 Å². The fourth-order valence-corrected chi connectivity index (χ4v) is 1.26. The van der Waals surface area contributed by atoms with Gasteiger partial charge < -0.3 is 10.2 Å². The summed E-state index contributed by atoms with van der Waals surface area (Å²) in [6.45, 7) is 0. The maximum absolute atomic E-state index is 5.79. The summed E-state index contributed by atoms with van der Waals surface area (Å²) in [5.41, 5.74) is 7.16. The lowest BCUT2D eigenvalue weighted by Crippen LogP contribution is -1.86. The van der Waals surface area contributed by atoms with Crippen LogP contribution in [0.4, 0.5) is 5.69 Å². The van der Waals surface area contributed by atoms with Gasteiger partial charge in [0, 0.05) is 5.56 Å². The predicted molar refractivity (Wildman–Crippen MR) is 53.6 cm³/mol. The fraction of sp³-hybridized carbons (Fsp3) is 0. The third kappa shape index (κ3) is 1.53. The minimum atomic E-state index is 0.565. The third-order valence-corrected chi connectivity index (χ3v) is 2.15. The van der Waals surface area contributed by atoms with Gasteiger partial charge in [0.1, 0.15) is 5.76 Å². The first kappa shape index (κ1) is 8.20. The lowest BCUT2D eigenvalue weighted by molar-refractivity contribution is 0.582. The number of rotatable bonds is 1. The molecule has 0 spiro atoms. The quantitative estimate of drug-likeness (QED) is 0.707. The Bertz CT molecular complexity index is 409. The monoisotopic (exact) mass is 193 g/mol. The van der Waals surface area contributed by atoms with E-state index in [1.165, 1.54) is 0 Å². The van der Waals surface area contributed by atoms with Crippen molar-refractivity contribution in [1.29, 1.82) is 0 Å². The predicted octanol–water partition coefficient (Wildman–Crippen LogP) is 3.18. The molecule has 1 aromatic heterocycles. The van der Waals surface area contributed by atoms with Crippen molar-refractivity contribution < 1.29 is 4.42 Å². The normalized spacial score (nSPS) is 10.2. The zero-order chi connectivity index (χ0) is 9.26. The topological polar surface area (TPSA) is 39.2 Å². The Hall–Kier alpha value is -1.41. The van der Waals surface area contributed by atoms with Gasteiger partial charge in [-0.05, 0) is 30.3 Å². The van der Waals surface area contributed by atoms with E-state index in [1.807, 2.05) is 18.2 Å². The van der Waals surface area contributed by atoms with E-state index in [-0.39, 0.29) is 0 Å². The molecular weight excluding hydrogens is 186 g/mol. The van der Waals surface area contributed by atoms with Gasteiger partial charge in [0.05, 0.1) is 17.0 Å². The van der Waals surface area contributed by atoms with Crippen molar-refractivity contribution in [1.82, 2.24) is 0 Å². The number of furan rings is 1. The molecule has 0 saturated carbocycles. The standard InChI is InChI=1S/C10H8ClNO/c11-8-4-3-7(6-9(8)12)10-2-1-5-13-10/h1-6H,12H2. The first-order chi connectivity index (χ1) is 6.27. The molecule has 66 valence electrons. The summed E-state index contributed by atoms with van der Waals surface area (Å²) in [7, 11) is 0. The highest BCUT2D eigenvalue weighted by molar-refractivity contribution is 6.33. The number of nitrogens with two attached hydrogens (primary N) is 1. The minimum Gasteiger partial charge on any atom is -0.464 e. The van der Waals surface area contributed by atoms with Gasteiger partial charge in [0.2, 0.25) is 0 Å². The summed E-state index contributed by atoms with van der Waals surface area (Å²) in [6, 6.07) is 9.14. The molecule has 0 radical (unpaired) electrons. The minimum absolute atomic E-state index is 0.565. The van der Waals surface area contributed by atoms with Crippen LogP contribution in [0.5, 0.6) is 0 Å². The van der Waals surface area contributed by atoms with Crippen LogP contribution >= 0.6 is 11.6 Å². The van der Waals surface area contributed by atoms with Crippen molar-refractivity contribution in [2.24, 2.45) is 0 Å². The Morgan fingerprint density at radius 1 is 1.23 bits per heavy atom. The fourth-order valence-electron chi connectivity index (χ4n) is 1.14. The van der Waals surface area contributed by atoms with E-state index in [0.717, 1.165) is 11.3 Å². The van der Waals surface area contributed by atoms with E-state index in [2.05, 4.69) is 0 Å². The van der Waals surface area contributed by atoms with Gasteiger partial charge in [-0.15, -0.1) is 0 Å². The van der Waals surface area contributed by atoms with E-state index in [9.17, 15) is 0 Å². The highest BCUT2D eigenvalue weighted by Crippen LogP contribution is 2.26. The Kier molecular flexibility index (Phi) is 1.99. The van der Waals surface area contributed by atoms with E-state index < -0.39 is 0 Å². The summed E-state index contributed by atoms with van der Waals surface area (Å²) in [4.78, 5) is 0. The lowest BCUT2D eigenvalue weighted by Gasteiger charge is -2.00. The van der Waals surface area contributed by atoms with Gasteiger partial charge in [-0.1, -0.05) is 11.6 Å². The van der Waals surface area contributed by atoms with Crippen LogP contribution in [0.25, 0.3) is 11.3 Å². The number of halogens is 1. The molecule has 2 aromatic rings. The summed E-state index contributed by atoms with van der Waals surface area (Å²) in [5.74, 6) is 0.795. The highest BCUT2D eigenvalue weighted by atomic mass is 35.5. The molecule has 0 aliphatic rings. The zero-order valence-electron chi connectivity index (χ0n) is 6.83. The van der Waals surface area contributed by atoms with Crippen molar-refractivity contribution in [2.45, 2.75) is 0 Å². The van der Waals surface area contributed by atoms with Gasteiger partial charge in [0.15, 0.2) is 0 Å². The van der Waals surface area contributed by atoms with Crippen LogP contribution in [0.1, 0.15) is 0 Å².